The van der Waals surface area contributed by atoms with Crippen LogP contribution in [0.25, 0.3) is 0 Å². The minimum Gasteiger partial charge on any atom is -0.376 e. The lowest BCUT2D eigenvalue weighted by Crippen LogP contribution is -2.32. The molecular weight excluding hydrogens is 228 g/mol. The Morgan fingerprint density at radius 2 is 1.78 bits per heavy atom. The van der Waals surface area contributed by atoms with E-state index in [2.05, 4.69) is 5.32 Å². The molecule has 0 aliphatic carbocycles. The van der Waals surface area contributed by atoms with Gasteiger partial charge in [0, 0.05) is 24.3 Å². The molecule has 0 aromatic heterocycles. The number of carbonyl (C=O) groups excluding carboxylic acids is 2. The van der Waals surface area contributed by atoms with Gasteiger partial charge in [-0.1, -0.05) is 0 Å². The van der Waals surface area contributed by atoms with Crippen LogP contribution in [-0.4, -0.2) is 36.2 Å². The summed E-state index contributed by atoms with van der Waals surface area (Å²) >= 11 is 0. The second-order valence-electron chi connectivity index (χ2n) is 4.57. The third kappa shape index (κ3) is 3.09. The monoisotopic (exact) mass is 246 g/mol. The van der Waals surface area contributed by atoms with Crippen LogP contribution in [0.1, 0.15) is 30.1 Å². The van der Waals surface area contributed by atoms with Crippen LogP contribution in [0.5, 0.6) is 0 Å². The van der Waals surface area contributed by atoms with Gasteiger partial charge < -0.3 is 10.2 Å². The van der Waals surface area contributed by atoms with Crippen molar-refractivity contribution in [3.8, 4) is 0 Å². The summed E-state index contributed by atoms with van der Waals surface area (Å²) in [5.74, 6) is 0.192. The van der Waals surface area contributed by atoms with E-state index < -0.39 is 0 Å². The smallest absolute Gasteiger partial charge is 0.241 e. The molecule has 1 amide bonds. The summed E-state index contributed by atoms with van der Waals surface area (Å²) < 4.78 is 0. The molecule has 1 aromatic carbocycles. The molecule has 1 heterocycles. The highest BCUT2D eigenvalue weighted by atomic mass is 16.2. The number of hydrogen-bond acceptors (Lipinski definition) is 3. The van der Waals surface area contributed by atoms with Crippen LogP contribution in [-0.2, 0) is 4.79 Å². The summed E-state index contributed by atoms with van der Waals surface area (Å²) in [4.78, 5) is 24.8. The lowest BCUT2D eigenvalue weighted by atomic mass is 10.1. The van der Waals surface area contributed by atoms with Crippen LogP contribution < -0.4 is 5.32 Å². The number of Topliss-reactive ketones (excluding diaryl/α,β-unsaturated/α-hetero) is 1. The van der Waals surface area contributed by atoms with Crippen LogP contribution in [0, 0.1) is 0 Å². The molecule has 0 atom stereocenters. The number of nitrogens with zero attached hydrogens (tertiary/aromatic N) is 1. The Balaban J connectivity index is 1.86. The molecule has 0 unspecified atom stereocenters. The molecule has 4 heteroatoms. The van der Waals surface area contributed by atoms with Crippen molar-refractivity contribution >= 4 is 17.4 Å². The fourth-order valence-electron chi connectivity index (χ4n) is 2.08. The van der Waals surface area contributed by atoms with Gasteiger partial charge in [-0.15, -0.1) is 0 Å². The first-order chi connectivity index (χ1) is 8.66. The second-order valence-corrected chi connectivity index (χ2v) is 4.57. The van der Waals surface area contributed by atoms with Crippen molar-refractivity contribution in [2.24, 2.45) is 0 Å². The van der Waals surface area contributed by atoms with Gasteiger partial charge in [0.2, 0.25) is 5.91 Å². The number of likely N-dealkylation sites (tertiary alicyclic amines) is 1. The molecule has 1 saturated heterocycles. The molecule has 1 aliphatic heterocycles. The number of benzene rings is 1. The predicted molar refractivity (Wildman–Crippen MR) is 70.8 cm³/mol. The first kappa shape index (κ1) is 12.6. The van der Waals surface area contributed by atoms with Crippen molar-refractivity contribution in [3.63, 3.8) is 0 Å². The lowest BCUT2D eigenvalue weighted by Gasteiger charge is -2.16. The van der Waals surface area contributed by atoms with Gasteiger partial charge in [-0.05, 0) is 44.0 Å². The van der Waals surface area contributed by atoms with E-state index in [0.29, 0.717) is 12.1 Å². The molecule has 96 valence electrons. The second kappa shape index (κ2) is 5.67. The molecule has 0 spiro atoms. The van der Waals surface area contributed by atoms with E-state index in [9.17, 15) is 9.59 Å². The first-order valence-electron chi connectivity index (χ1n) is 6.29. The van der Waals surface area contributed by atoms with Gasteiger partial charge >= 0.3 is 0 Å². The average Bonchev–Trinajstić information content (AvgIpc) is 2.90. The highest BCUT2D eigenvalue weighted by Gasteiger charge is 2.17. The van der Waals surface area contributed by atoms with E-state index in [-0.39, 0.29) is 11.7 Å². The normalized spacial score (nSPS) is 14.6. The molecule has 1 aromatic rings. The lowest BCUT2D eigenvalue weighted by molar-refractivity contribution is -0.128. The summed E-state index contributed by atoms with van der Waals surface area (Å²) in [6.07, 6.45) is 2.22. The van der Waals surface area contributed by atoms with Crippen molar-refractivity contribution in [1.82, 2.24) is 4.90 Å². The predicted octanol–water partition coefficient (Wildman–Crippen LogP) is 1.92. The van der Waals surface area contributed by atoms with Gasteiger partial charge in [-0.3, -0.25) is 9.59 Å². The van der Waals surface area contributed by atoms with Crippen LogP contribution in [0.3, 0.4) is 0 Å². The van der Waals surface area contributed by atoms with Crippen molar-refractivity contribution in [2.75, 3.05) is 25.0 Å². The minimum atomic E-state index is 0.0506. The third-order valence-corrected chi connectivity index (χ3v) is 3.19. The van der Waals surface area contributed by atoms with Crippen molar-refractivity contribution in [2.45, 2.75) is 19.8 Å². The van der Waals surface area contributed by atoms with E-state index in [1.54, 1.807) is 19.1 Å². The number of amides is 1. The Bertz CT molecular complexity index is 434. The zero-order valence-corrected chi connectivity index (χ0v) is 10.6. The number of nitrogens with one attached hydrogen (secondary N) is 1. The molecule has 1 N–H and O–H groups in total. The standard InChI is InChI=1S/C14H18N2O2/c1-11(17)12-4-6-13(7-5-12)15-10-14(18)16-8-2-3-9-16/h4-7,15H,2-3,8-10H2,1H3. The largest absolute Gasteiger partial charge is 0.376 e. The van der Waals surface area contributed by atoms with Crippen LogP contribution in [0.15, 0.2) is 24.3 Å². The number of anilines is 1. The summed E-state index contributed by atoms with van der Waals surface area (Å²) in [5, 5.41) is 3.08. The topological polar surface area (TPSA) is 49.4 Å². The zero-order chi connectivity index (χ0) is 13.0. The highest BCUT2D eigenvalue weighted by molar-refractivity contribution is 5.94. The van der Waals surface area contributed by atoms with E-state index in [1.165, 1.54) is 0 Å². The maximum atomic E-state index is 11.8. The molecule has 0 saturated carbocycles. The SMILES string of the molecule is CC(=O)c1ccc(NCC(=O)N2CCCC2)cc1. The fraction of sp³-hybridized carbons (Fsp3) is 0.429. The molecule has 0 radical (unpaired) electrons. The van der Waals surface area contributed by atoms with Crippen LogP contribution >= 0.6 is 0 Å². The molecule has 1 aliphatic rings. The van der Waals surface area contributed by atoms with Gasteiger partial charge in [-0.2, -0.15) is 0 Å². The van der Waals surface area contributed by atoms with Crippen molar-refractivity contribution < 1.29 is 9.59 Å². The maximum absolute atomic E-state index is 11.8. The molecule has 0 bridgehead atoms. The van der Waals surface area contributed by atoms with E-state index in [1.807, 2.05) is 17.0 Å². The fourth-order valence-corrected chi connectivity index (χ4v) is 2.08. The summed E-state index contributed by atoms with van der Waals surface area (Å²) in [6.45, 7) is 3.62. The van der Waals surface area contributed by atoms with E-state index in [4.69, 9.17) is 0 Å². The van der Waals surface area contributed by atoms with Crippen LogP contribution in [0.2, 0.25) is 0 Å². The Morgan fingerprint density at radius 3 is 2.33 bits per heavy atom. The molecule has 18 heavy (non-hydrogen) atoms. The van der Waals surface area contributed by atoms with Crippen molar-refractivity contribution in [3.05, 3.63) is 29.8 Å². The van der Waals surface area contributed by atoms with Gasteiger partial charge in [0.1, 0.15) is 0 Å². The van der Waals surface area contributed by atoms with Gasteiger partial charge in [0.05, 0.1) is 6.54 Å². The first-order valence-corrected chi connectivity index (χ1v) is 6.29. The Hall–Kier alpha value is -1.84. The Morgan fingerprint density at radius 1 is 1.17 bits per heavy atom. The van der Waals surface area contributed by atoms with Gasteiger partial charge in [0.15, 0.2) is 5.78 Å². The zero-order valence-electron chi connectivity index (χ0n) is 10.6. The summed E-state index contributed by atoms with van der Waals surface area (Å²) in [5.41, 5.74) is 1.55. The number of carbonyl (C=O) groups is 2. The van der Waals surface area contributed by atoms with Crippen LogP contribution in [0.4, 0.5) is 5.69 Å². The molecule has 1 fully saturated rings. The van der Waals surface area contributed by atoms with E-state index in [0.717, 1.165) is 31.6 Å². The summed E-state index contributed by atoms with van der Waals surface area (Å²) in [7, 11) is 0. The minimum absolute atomic E-state index is 0.0506. The molecular formula is C14H18N2O2. The number of rotatable bonds is 4. The Labute approximate surface area is 107 Å². The highest BCUT2D eigenvalue weighted by Crippen LogP contribution is 2.11. The molecule has 4 nitrogen and oxygen atoms in total. The Kier molecular flexibility index (Phi) is 3.97. The quantitative estimate of drug-likeness (QED) is 0.826. The number of hydrogen-bond donors (Lipinski definition) is 1. The van der Waals surface area contributed by atoms with Gasteiger partial charge in [0.25, 0.3) is 0 Å². The third-order valence-electron chi connectivity index (χ3n) is 3.19. The van der Waals surface area contributed by atoms with Gasteiger partial charge in [-0.25, -0.2) is 0 Å². The molecule has 2 rings (SSSR count). The van der Waals surface area contributed by atoms with E-state index >= 15 is 0 Å². The number of ketones is 1. The van der Waals surface area contributed by atoms with Crippen molar-refractivity contribution in [1.29, 1.82) is 0 Å². The summed E-state index contributed by atoms with van der Waals surface area (Å²) in [6, 6.07) is 7.19. The maximum Gasteiger partial charge on any atom is 0.241 e. The average molecular weight is 246 g/mol.